The molecule has 6 amide bonds. The Hall–Kier alpha value is -4.67. The normalized spacial score (nSPS) is 21.9. The molecule has 4 rings (SSSR count). The molecule has 56 heavy (non-hydrogen) atoms. The van der Waals surface area contributed by atoms with E-state index in [0.717, 1.165) is 5.56 Å². The average Bonchev–Trinajstić information content (AvgIpc) is 3.65. The third-order valence-corrected chi connectivity index (χ3v) is 11.1. The molecular weight excluding hydrogens is 778 g/mol. The van der Waals surface area contributed by atoms with Gasteiger partial charge in [0, 0.05) is 11.9 Å². The van der Waals surface area contributed by atoms with Crippen molar-refractivity contribution >= 4 is 70.1 Å². The fourth-order valence-corrected chi connectivity index (χ4v) is 7.73. The maximum atomic E-state index is 14.1. The summed E-state index contributed by atoms with van der Waals surface area (Å²) in [6.45, 7) is 6.51. The molecule has 0 spiro atoms. The Morgan fingerprint density at radius 1 is 0.964 bits per heavy atom. The van der Waals surface area contributed by atoms with Gasteiger partial charge in [0.2, 0.25) is 29.5 Å². The van der Waals surface area contributed by atoms with Crippen molar-refractivity contribution in [3.8, 4) is 5.75 Å². The lowest BCUT2D eigenvalue weighted by atomic mass is 10.0. The van der Waals surface area contributed by atoms with Gasteiger partial charge in [0.1, 0.15) is 34.6 Å². The molecule has 3 aromatic rings. The minimum atomic E-state index is -1.03. The minimum absolute atomic E-state index is 0.0505. The van der Waals surface area contributed by atoms with E-state index in [-0.39, 0.29) is 61.2 Å². The molecule has 0 aliphatic carbocycles. The molecule has 1 aliphatic rings. The molecule has 0 radical (unpaired) electrons. The first-order valence-electron chi connectivity index (χ1n) is 18.4. The number of rotatable bonds is 9. The number of aromatic nitrogens is 1. The molecular formula is C39H50ClN7O7S2. The first-order chi connectivity index (χ1) is 26.7. The van der Waals surface area contributed by atoms with Gasteiger partial charge in [-0.05, 0) is 67.4 Å². The van der Waals surface area contributed by atoms with E-state index in [2.05, 4.69) is 31.6 Å². The number of thioether (sulfide) groups is 1. The summed E-state index contributed by atoms with van der Waals surface area (Å²) in [4.78, 5) is 88.0. The standard InChI is InChI=1S/C39H50ClN7O7S2/c1-6-28-36(52)44-29(14-15-55-5)37(53)42-26(16-24-10-8-7-9-11-24)19-47(33(50)18-25-12-13-31(48)27(40)17-25)20-32(49)46-34(22(2)3)39-45-30(21-56-39)38(54)41-23(4)35(51)43-28/h7-13,17,21-23,26,28-29,34,48H,6,14-16,18-20H2,1-5H3,(H,41,54)(H,42,53)(H,43,51)(H,44,52)(H,46,49)/t23-,26+,28+,29+,34+/m1/s1. The van der Waals surface area contributed by atoms with Crippen LogP contribution in [0.5, 0.6) is 5.75 Å². The molecule has 0 fully saturated rings. The average molecular weight is 828 g/mol. The summed E-state index contributed by atoms with van der Waals surface area (Å²) in [5, 5.41) is 26.2. The number of amides is 6. The SMILES string of the molecule is CC[C@@H]1NC(=O)[C@@H](C)NC(=O)c2csc(n2)[C@H](C(C)C)NC(=O)CN(C(=O)Cc2ccc(O)c(Cl)c2)C[C@H](Cc2ccccc2)NC(=O)[C@H](CCSC)NC1=O. The highest BCUT2D eigenvalue weighted by atomic mass is 35.5. The van der Waals surface area contributed by atoms with Gasteiger partial charge in [0.15, 0.2) is 0 Å². The zero-order valence-corrected chi connectivity index (χ0v) is 34.5. The molecule has 0 unspecified atom stereocenters. The van der Waals surface area contributed by atoms with Crippen molar-refractivity contribution in [2.75, 3.05) is 25.1 Å². The molecule has 2 bridgehead atoms. The lowest BCUT2D eigenvalue weighted by Gasteiger charge is -2.31. The molecule has 2 heterocycles. The number of carbonyl (C=O) groups is 6. The number of fused-ring (bicyclic) bond motifs is 2. The summed E-state index contributed by atoms with van der Waals surface area (Å²) >= 11 is 8.82. The van der Waals surface area contributed by atoms with Gasteiger partial charge < -0.3 is 36.6 Å². The monoisotopic (exact) mass is 827 g/mol. The Bertz CT molecular complexity index is 1860. The third kappa shape index (κ3) is 12.7. The van der Waals surface area contributed by atoms with Crippen molar-refractivity contribution in [1.29, 1.82) is 0 Å². The predicted octanol–water partition coefficient (Wildman–Crippen LogP) is 3.38. The number of carbonyl (C=O) groups excluding carboxylic acids is 6. The topological polar surface area (TPSA) is 199 Å². The number of hydrogen-bond donors (Lipinski definition) is 6. The Morgan fingerprint density at radius 2 is 1.66 bits per heavy atom. The number of phenolic OH excluding ortho intramolecular Hbond substituents is 1. The van der Waals surface area contributed by atoms with Crippen LogP contribution >= 0.6 is 34.7 Å². The highest BCUT2D eigenvalue weighted by Gasteiger charge is 2.32. The zero-order valence-electron chi connectivity index (χ0n) is 32.1. The predicted molar refractivity (Wildman–Crippen MR) is 217 cm³/mol. The Kier molecular flexibility index (Phi) is 16.5. The number of nitrogens with one attached hydrogen (secondary N) is 5. The summed E-state index contributed by atoms with van der Waals surface area (Å²) in [7, 11) is 0. The van der Waals surface area contributed by atoms with Crippen LogP contribution in [-0.2, 0) is 36.8 Å². The maximum absolute atomic E-state index is 14.1. The molecule has 1 aliphatic heterocycles. The molecule has 5 atom stereocenters. The van der Waals surface area contributed by atoms with Crippen molar-refractivity contribution in [2.45, 2.75) is 83.6 Å². The van der Waals surface area contributed by atoms with Crippen LogP contribution in [-0.4, -0.2) is 99.7 Å². The van der Waals surface area contributed by atoms with E-state index in [0.29, 0.717) is 16.3 Å². The van der Waals surface area contributed by atoms with Gasteiger partial charge in [-0.3, -0.25) is 28.8 Å². The molecule has 0 saturated carbocycles. The molecule has 2 aromatic carbocycles. The van der Waals surface area contributed by atoms with Gasteiger partial charge in [-0.2, -0.15) is 11.8 Å². The number of benzene rings is 2. The van der Waals surface area contributed by atoms with E-state index < -0.39 is 65.7 Å². The van der Waals surface area contributed by atoms with Crippen molar-refractivity contribution in [1.82, 2.24) is 36.5 Å². The van der Waals surface area contributed by atoms with Crippen molar-refractivity contribution in [2.24, 2.45) is 5.92 Å². The number of thiazole rings is 1. The molecule has 1 aromatic heterocycles. The van der Waals surface area contributed by atoms with E-state index in [1.54, 1.807) is 13.0 Å². The van der Waals surface area contributed by atoms with Crippen LogP contribution in [0, 0.1) is 5.92 Å². The van der Waals surface area contributed by atoms with Gasteiger partial charge in [0.25, 0.3) is 5.91 Å². The van der Waals surface area contributed by atoms with Crippen LogP contribution in [0.4, 0.5) is 0 Å². The van der Waals surface area contributed by atoms with Crippen molar-refractivity contribution in [3.05, 3.63) is 80.8 Å². The summed E-state index contributed by atoms with van der Waals surface area (Å²) in [5.41, 5.74) is 1.42. The van der Waals surface area contributed by atoms with Gasteiger partial charge >= 0.3 is 0 Å². The minimum Gasteiger partial charge on any atom is -0.506 e. The smallest absolute Gasteiger partial charge is 0.271 e. The number of hydrogen-bond acceptors (Lipinski definition) is 10. The highest BCUT2D eigenvalue weighted by molar-refractivity contribution is 7.98. The summed E-state index contributed by atoms with van der Waals surface area (Å²) in [5.74, 6) is -3.00. The molecule has 6 N–H and O–H groups in total. The van der Waals surface area contributed by atoms with E-state index in [1.807, 2.05) is 50.4 Å². The second-order valence-corrected chi connectivity index (χ2v) is 16.3. The fraction of sp³-hybridized carbons (Fsp3) is 0.462. The third-order valence-electron chi connectivity index (χ3n) is 9.20. The number of phenols is 1. The van der Waals surface area contributed by atoms with Crippen molar-refractivity contribution < 1.29 is 33.9 Å². The van der Waals surface area contributed by atoms with Crippen LogP contribution in [0.1, 0.15) is 73.2 Å². The van der Waals surface area contributed by atoms with E-state index >= 15 is 0 Å². The second-order valence-electron chi connectivity index (χ2n) is 14.0. The first kappa shape index (κ1) is 44.0. The van der Waals surface area contributed by atoms with Gasteiger partial charge in [-0.15, -0.1) is 11.3 Å². The van der Waals surface area contributed by atoms with Gasteiger partial charge in [0.05, 0.1) is 30.1 Å². The van der Waals surface area contributed by atoms with E-state index in [9.17, 15) is 33.9 Å². The van der Waals surface area contributed by atoms with Crippen molar-refractivity contribution in [3.63, 3.8) is 0 Å². The Labute approximate surface area is 340 Å². The number of aromatic hydroxyl groups is 1. The van der Waals surface area contributed by atoms with Gasteiger partial charge in [-0.1, -0.05) is 68.8 Å². The maximum Gasteiger partial charge on any atom is 0.271 e. The van der Waals surface area contributed by atoms with E-state index in [4.69, 9.17) is 11.6 Å². The Balaban J connectivity index is 1.76. The van der Waals surface area contributed by atoms with Crippen LogP contribution in [0.15, 0.2) is 53.9 Å². The summed E-state index contributed by atoms with van der Waals surface area (Å²) in [6.07, 6.45) is 2.49. The Morgan fingerprint density at radius 3 is 2.32 bits per heavy atom. The lowest BCUT2D eigenvalue weighted by Crippen LogP contribution is -2.58. The highest BCUT2D eigenvalue weighted by Crippen LogP contribution is 2.26. The zero-order chi connectivity index (χ0) is 40.9. The quantitative estimate of drug-likeness (QED) is 0.187. The lowest BCUT2D eigenvalue weighted by molar-refractivity contribution is -0.137. The molecule has 17 heteroatoms. The number of nitrogens with zero attached hydrogens (tertiary/aromatic N) is 2. The fourth-order valence-electron chi connectivity index (χ4n) is 6.03. The van der Waals surface area contributed by atoms with Crippen LogP contribution in [0.2, 0.25) is 5.02 Å². The molecule has 14 nitrogen and oxygen atoms in total. The van der Waals surface area contributed by atoms with Gasteiger partial charge in [-0.25, -0.2) is 4.98 Å². The molecule has 0 saturated heterocycles. The van der Waals surface area contributed by atoms with Crippen LogP contribution in [0.3, 0.4) is 0 Å². The summed E-state index contributed by atoms with van der Waals surface area (Å²) in [6, 6.07) is 9.41. The largest absolute Gasteiger partial charge is 0.506 e. The van der Waals surface area contributed by atoms with Crippen LogP contribution < -0.4 is 26.6 Å². The first-order valence-corrected chi connectivity index (χ1v) is 21.1. The number of halogens is 1. The van der Waals surface area contributed by atoms with Crippen LogP contribution in [0.25, 0.3) is 0 Å². The second kappa shape index (κ2) is 21.0. The molecule has 302 valence electrons. The van der Waals surface area contributed by atoms with E-state index in [1.165, 1.54) is 52.4 Å². The summed E-state index contributed by atoms with van der Waals surface area (Å²) < 4.78 is 0.